The fourth-order valence-corrected chi connectivity index (χ4v) is 2.39. The molecule has 0 saturated heterocycles. The number of methoxy groups -OCH3 is 1. The van der Waals surface area contributed by atoms with Gasteiger partial charge >= 0.3 is 5.97 Å². The number of pyridine rings is 1. The van der Waals surface area contributed by atoms with Gasteiger partial charge in [-0.1, -0.05) is 30.0 Å². The zero-order valence-electron chi connectivity index (χ0n) is 9.77. The molecule has 0 aliphatic carbocycles. The minimum atomic E-state index is -0.234. The molecule has 88 valence electrons. The summed E-state index contributed by atoms with van der Waals surface area (Å²) in [6, 6.07) is 9.98. The highest BCUT2D eigenvalue weighted by Crippen LogP contribution is 2.23. The van der Waals surface area contributed by atoms with E-state index < -0.39 is 0 Å². The van der Waals surface area contributed by atoms with E-state index in [0.717, 1.165) is 15.9 Å². The second-order valence-corrected chi connectivity index (χ2v) is 4.65. The lowest BCUT2D eigenvalue weighted by Gasteiger charge is -2.05. The van der Waals surface area contributed by atoms with Crippen molar-refractivity contribution in [3.05, 3.63) is 35.9 Å². The molecule has 0 aliphatic rings. The van der Waals surface area contributed by atoms with Crippen LogP contribution in [0.5, 0.6) is 0 Å². The molecule has 17 heavy (non-hydrogen) atoms. The zero-order chi connectivity index (χ0) is 12.3. The maximum atomic E-state index is 11.1. The summed E-state index contributed by atoms with van der Waals surface area (Å²) in [5, 5.41) is 2.00. The van der Waals surface area contributed by atoms with E-state index in [9.17, 15) is 4.79 Å². The summed E-state index contributed by atoms with van der Waals surface area (Å²) < 4.78 is 4.60. The number of carbonyl (C=O) groups excluding carboxylic acids is 1. The summed E-state index contributed by atoms with van der Waals surface area (Å²) in [4.78, 5) is 15.6. The van der Waals surface area contributed by atoms with Crippen molar-refractivity contribution in [3.8, 4) is 0 Å². The molecule has 0 atom stereocenters. The molecule has 0 N–H and O–H groups in total. The summed E-state index contributed by atoms with van der Waals surface area (Å²) in [6.45, 7) is 2.05. The monoisotopic (exact) mass is 247 g/mol. The number of esters is 1. The molecule has 0 saturated carbocycles. The van der Waals surface area contributed by atoms with Crippen LogP contribution in [-0.2, 0) is 9.53 Å². The Morgan fingerprint density at radius 2 is 2.18 bits per heavy atom. The Bertz CT molecular complexity index is 554. The first-order chi connectivity index (χ1) is 8.20. The van der Waals surface area contributed by atoms with E-state index in [1.165, 1.54) is 24.4 Å². The molecule has 4 heteroatoms. The van der Waals surface area contributed by atoms with Crippen LogP contribution in [0.1, 0.15) is 5.56 Å². The molecule has 1 heterocycles. The summed E-state index contributed by atoms with van der Waals surface area (Å²) in [6.07, 6.45) is 0. The summed E-state index contributed by atoms with van der Waals surface area (Å²) in [7, 11) is 1.39. The minimum absolute atomic E-state index is 0.234. The quantitative estimate of drug-likeness (QED) is 0.617. The van der Waals surface area contributed by atoms with Gasteiger partial charge in [-0.15, -0.1) is 0 Å². The van der Waals surface area contributed by atoms with E-state index in [0.29, 0.717) is 5.75 Å². The van der Waals surface area contributed by atoms with E-state index in [1.807, 2.05) is 37.3 Å². The predicted octanol–water partition coefficient (Wildman–Crippen LogP) is 2.81. The SMILES string of the molecule is COC(=O)CSc1cc(C)c2ccccc2n1. The van der Waals surface area contributed by atoms with Crippen molar-refractivity contribution in [1.82, 2.24) is 4.98 Å². The Labute approximate surface area is 104 Å². The summed E-state index contributed by atoms with van der Waals surface area (Å²) >= 11 is 1.40. The lowest BCUT2D eigenvalue weighted by Crippen LogP contribution is -2.03. The van der Waals surface area contributed by atoms with Crippen LogP contribution in [0.2, 0.25) is 0 Å². The van der Waals surface area contributed by atoms with Crippen LogP contribution in [0.15, 0.2) is 35.4 Å². The number of carbonyl (C=O) groups is 1. The molecule has 1 aromatic carbocycles. The van der Waals surface area contributed by atoms with Crippen LogP contribution in [0.4, 0.5) is 0 Å². The number of benzene rings is 1. The second kappa shape index (κ2) is 5.19. The minimum Gasteiger partial charge on any atom is -0.468 e. The first-order valence-electron chi connectivity index (χ1n) is 5.26. The second-order valence-electron chi connectivity index (χ2n) is 3.66. The number of hydrogen-bond acceptors (Lipinski definition) is 4. The van der Waals surface area contributed by atoms with Gasteiger partial charge in [0, 0.05) is 5.39 Å². The third-order valence-electron chi connectivity index (χ3n) is 2.47. The van der Waals surface area contributed by atoms with Gasteiger partial charge in [-0.25, -0.2) is 4.98 Å². The molecular weight excluding hydrogens is 234 g/mol. The number of rotatable bonds is 3. The van der Waals surface area contributed by atoms with Crippen LogP contribution in [0.3, 0.4) is 0 Å². The molecule has 2 aromatic rings. The Morgan fingerprint density at radius 3 is 2.94 bits per heavy atom. The third kappa shape index (κ3) is 2.77. The van der Waals surface area contributed by atoms with Gasteiger partial charge in [-0.2, -0.15) is 0 Å². The van der Waals surface area contributed by atoms with E-state index in [4.69, 9.17) is 0 Å². The Kier molecular flexibility index (Phi) is 3.64. The Balaban J connectivity index is 2.27. The average molecular weight is 247 g/mol. The lowest BCUT2D eigenvalue weighted by molar-refractivity contribution is -0.137. The number of hydrogen-bond donors (Lipinski definition) is 0. The fraction of sp³-hybridized carbons (Fsp3) is 0.231. The molecule has 1 aromatic heterocycles. The van der Waals surface area contributed by atoms with Gasteiger partial charge in [0.15, 0.2) is 0 Å². The molecule has 0 fully saturated rings. The van der Waals surface area contributed by atoms with Gasteiger partial charge in [0.05, 0.1) is 23.4 Å². The van der Waals surface area contributed by atoms with Crippen LogP contribution < -0.4 is 0 Å². The average Bonchev–Trinajstić information content (AvgIpc) is 2.36. The largest absolute Gasteiger partial charge is 0.468 e. The number of para-hydroxylation sites is 1. The van der Waals surface area contributed by atoms with Gasteiger partial charge in [-0.05, 0) is 24.6 Å². The summed E-state index contributed by atoms with van der Waals surface area (Å²) in [5.74, 6) is 0.0592. The smallest absolute Gasteiger partial charge is 0.316 e. The first kappa shape index (κ1) is 11.9. The molecule has 0 amide bonds. The highest BCUT2D eigenvalue weighted by molar-refractivity contribution is 7.99. The van der Waals surface area contributed by atoms with Gasteiger partial charge in [0.1, 0.15) is 0 Å². The van der Waals surface area contributed by atoms with Gasteiger partial charge < -0.3 is 4.74 Å². The van der Waals surface area contributed by atoms with Crippen LogP contribution in [-0.4, -0.2) is 23.8 Å². The maximum Gasteiger partial charge on any atom is 0.316 e. The lowest BCUT2D eigenvalue weighted by atomic mass is 10.1. The Morgan fingerprint density at radius 1 is 1.41 bits per heavy atom. The first-order valence-corrected chi connectivity index (χ1v) is 6.25. The number of ether oxygens (including phenoxy) is 1. The van der Waals surface area contributed by atoms with Crippen molar-refractivity contribution in [1.29, 1.82) is 0 Å². The van der Waals surface area contributed by atoms with E-state index in [1.54, 1.807) is 0 Å². The highest BCUT2D eigenvalue weighted by Gasteiger charge is 2.06. The number of fused-ring (bicyclic) bond motifs is 1. The van der Waals surface area contributed by atoms with Crippen LogP contribution in [0.25, 0.3) is 10.9 Å². The molecule has 3 nitrogen and oxygen atoms in total. The van der Waals surface area contributed by atoms with E-state index in [-0.39, 0.29) is 5.97 Å². The number of thioether (sulfide) groups is 1. The molecule has 0 aliphatic heterocycles. The maximum absolute atomic E-state index is 11.1. The predicted molar refractivity (Wildman–Crippen MR) is 69.2 cm³/mol. The molecule has 0 unspecified atom stereocenters. The number of nitrogens with zero attached hydrogens (tertiary/aromatic N) is 1. The molecular formula is C13H13NO2S. The highest BCUT2D eigenvalue weighted by atomic mass is 32.2. The topological polar surface area (TPSA) is 39.2 Å². The normalized spacial score (nSPS) is 10.5. The third-order valence-corrected chi connectivity index (χ3v) is 3.35. The standard InChI is InChI=1S/C13H13NO2S/c1-9-7-12(17-8-13(15)16-2)14-11-6-4-3-5-10(9)11/h3-7H,8H2,1-2H3. The zero-order valence-corrected chi connectivity index (χ0v) is 10.6. The van der Waals surface area contributed by atoms with Crippen LogP contribution >= 0.6 is 11.8 Å². The Hall–Kier alpha value is -1.55. The van der Waals surface area contributed by atoms with Crippen molar-refractivity contribution in [3.63, 3.8) is 0 Å². The fourth-order valence-electron chi connectivity index (χ4n) is 1.58. The molecule has 0 radical (unpaired) electrons. The van der Waals surface area contributed by atoms with E-state index >= 15 is 0 Å². The van der Waals surface area contributed by atoms with Crippen LogP contribution in [0, 0.1) is 6.92 Å². The van der Waals surface area contributed by atoms with Crippen molar-refractivity contribution >= 4 is 28.6 Å². The van der Waals surface area contributed by atoms with Crippen molar-refractivity contribution < 1.29 is 9.53 Å². The van der Waals surface area contributed by atoms with Crippen molar-refractivity contribution in [2.45, 2.75) is 11.9 Å². The molecule has 0 spiro atoms. The van der Waals surface area contributed by atoms with Crippen molar-refractivity contribution in [2.75, 3.05) is 12.9 Å². The van der Waals surface area contributed by atoms with Gasteiger partial charge in [0.25, 0.3) is 0 Å². The van der Waals surface area contributed by atoms with Gasteiger partial charge in [0.2, 0.25) is 0 Å². The van der Waals surface area contributed by atoms with E-state index in [2.05, 4.69) is 9.72 Å². The van der Waals surface area contributed by atoms with Crippen molar-refractivity contribution in [2.24, 2.45) is 0 Å². The molecule has 2 rings (SSSR count). The number of aromatic nitrogens is 1. The number of aryl methyl sites for hydroxylation is 1. The van der Waals surface area contributed by atoms with Gasteiger partial charge in [-0.3, -0.25) is 4.79 Å². The summed E-state index contributed by atoms with van der Waals surface area (Å²) in [5.41, 5.74) is 2.13. The molecule has 0 bridgehead atoms.